The van der Waals surface area contributed by atoms with Gasteiger partial charge in [-0.15, -0.1) is 0 Å². The summed E-state index contributed by atoms with van der Waals surface area (Å²) in [7, 11) is 2.12. The van der Waals surface area contributed by atoms with Crippen LogP contribution in [0.15, 0.2) is 0 Å². The lowest BCUT2D eigenvalue weighted by Crippen LogP contribution is -2.16. The molecule has 0 saturated carbocycles. The van der Waals surface area contributed by atoms with Crippen molar-refractivity contribution in [1.29, 1.82) is 0 Å². The summed E-state index contributed by atoms with van der Waals surface area (Å²) < 4.78 is 2.24. The highest BCUT2D eigenvalue weighted by atomic mass is 16.4. The molecule has 1 aliphatic heterocycles. The molecule has 3 nitrogen and oxygen atoms in total. The summed E-state index contributed by atoms with van der Waals surface area (Å²) in [4.78, 5) is 8.89. The highest BCUT2D eigenvalue weighted by Gasteiger charge is 2.01. The van der Waals surface area contributed by atoms with Crippen molar-refractivity contribution in [3.8, 4) is 0 Å². The Morgan fingerprint density at radius 2 is 2.20 bits per heavy atom. The van der Waals surface area contributed by atoms with Gasteiger partial charge in [0.2, 0.25) is 0 Å². The van der Waals surface area contributed by atoms with E-state index >= 15 is 0 Å². The van der Waals surface area contributed by atoms with Crippen molar-refractivity contribution in [1.82, 2.24) is 0 Å². The predicted octanol–water partition coefficient (Wildman–Crippen LogP) is -0.750. The van der Waals surface area contributed by atoms with Crippen molar-refractivity contribution in [3.05, 3.63) is 0 Å². The Hall–Kier alpha value is -0.860. The maximum atomic E-state index is 8.89. The number of hydrogen-bond donors (Lipinski definition) is 0. The third-order valence-corrected chi connectivity index (χ3v) is 1.16. The molecule has 58 valence electrons. The van der Waals surface area contributed by atoms with Crippen LogP contribution in [0.25, 0.3) is 0 Å². The molecule has 1 aliphatic rings. The Morgan fingerprint density at radius 1 is 1.70 bits per heavy atom. The molecule has 0 bridgehead atoms. The van der Waals surface area contributed by atoms with Gasteiger partial charge in [0.1, 0.15) is 19.8 Å². The summed E-state index contributed by atoms with van der Waals surface area (Å²) in [5.41, 5.74) is 0. The van der Waals surface area contributed by atoms with Gasteiger partial charge in [0.15, 0.2) is 0 Å². The Morgan fingerprint density at radius 3 is 2.30 bits per heavy atom. The van der Waals surface area contributed by atoms with Crippen LogP contribution in [0, 0.1) is 0 Å². The number of carbonyl (C=O) groups excluding carboxylic acids is 1. The fourth-order valence-electron chi connectivity index (χ4n) is 0.744. The molecule has 0 spiro atoms. The SMILES string of the molecule is CC(=O)[O-].C[N+]1=CCCC1. The van der Waals surface area contributed by atoms with Crippen molar-refractivity contribution in [2.24, 2.45) is 0 Å². The van der Waals surface area contributed by atoms with E-state index in [9.17, 15) is 0 Å². The van der Waals surface area contributed by atoms with E-state index in [0.29, 0.717) is 0 Å². The van der Waals surface area contributed by atoms with Gasteiger partial charge in [0.05, 0.1) is 0 Å². The van der Waals surface area contributed by atoms with Gasteiger partial charge in [-0.05, 0) is 6.92 Å². The fraction of sp³-hybridized carbons (Fsp3) is 0.714. The molecule has 0 atom stereocenters. The molecule has 0 unspecified atom stereocenters. The minimum Gasteiger partial charge on any atom is -0.550 e. The molecule has 0 aromatic rings. The topological polar surface area (TPSA) is 43.1 Å². The zero-order valence-electron chi connectivity index (χ0n) is 6.46. The van der Waals surface area contributed by atoms with Crippen LogP contribution in [-0.4, -0.2) is 30.4 Å². The van der Waals surface area contributed by atoms with E-state index in [1.165, 1.54) is 19.4 Å². The van der Waals surface area contributed by atoms with E-state index < -0.39 is 5.97 Å². The lowest BCUT2D eigenvalue weighted by Gasteiger charge is -1.77. The van der Waals surface area contributed by atoms with E-state index in [1.807, 2.05) is 0 Å². The molecule has 0 N–H and O–H groups in total. The summed E-state index contributed by atoms with van der Waals surface area (Å²) in [6.07, 6.45) is 4.88. The van der Waals surface area contributed by atoms with Gasteiger partial charge >= 0.3 is 0 Å². The van der Waals surface area contributed by atoms with Gasteiger partial charge in [0.25, 0.3) is 0 Å². The van der Waals surface area contributed by atoms with Gasteiger partial charge in [-0.25, -0.2) is 4.58 Å². The number of carboxylic acid groups (broad SMARTS) is 1. The molecule has 0 fully saturated rings. The first-order valence-electron chi connectivity index (χ1n) is 3.34. The second-order valence-electron chi connectivity index (χ2n) is 2.30. The minimum atomic E-state index is -1.08. The molecule has 0 aromatic carbocycles. The number of carboxylic acids is 1. The first kappa shape index (κ1) is 9.14. The molecule has 1 rings (SSSR count). The van der Waals surface area contributed by atoms with E-state index in [1.54, 1.807) is 0 Å². The van der Waals surface area contributed by atoms with Crippen LogP contribution in [0.4, 0.5) is 0 Å². The Labute approximate surface area is 61.0 Å². The Bertz CT molecular complexity index is 137. The Kier molecular flexibility index (Phi) is 4.54. The van der Waals surface area contributed by atoms with Crippen LogP contribution in [0.3, 0.4) is 0 Å². The molecule has 0 radical (unpaired) electrons. The van der Waals surface area contributed by atoms with Crippen molar-refractivity contribution >= 4 is 12.2 Å². The van der Waals surface area contributed by atoms with Gasteiger partial charge in [-0.1, -0.05) is 0 Å². The number of nitrogens with zero attached hydrogens (tertiary/aromatic N) is 1. The molecule has 0 saturated heterocycles. The van der Waals surface area contributed by atoms with Crippen LogP contribution in [0.5, 0.6) is 0 Å². The van der Waals surface area contributed by atoms with Crippen molar-refractivity contribution in [3.63, 3.8) is 0 Å². The third-order valence-electron chi connectivity index (χ3n) is 1.16. The summed E-state index contributed by atoms with van der Waals surface area (Å²) in [5, 5.41) is 8.89. The first-order chi connectivity index (χ1) is 4.63. The molecule has 3 heteroatoms. The molecular formula is C7H13NO2. The maximum absolute atomic E-state index is 8.89. The van der Waals surface area contributed by atoms with Crippen molar-refractivity contribution in [2.45, 2.75) is 19.8 Å². The van der Waals surface area contributed by atoms with E-state index in [0.717, 1.165) is 6.92 Å². The average Bonchev–Trinajstić information content (AvgIpc) is 2.15. The van der Waals surface area contributed by atoms with E-state index in [4.69, 9.17) is 9.90 Å². The number of rotatable bonds is 0. The normalized spacial score (nSPS) is 15.2. The van der Waals surface area contributed by atoms with Gasteiger partial charge in [-0.3, -0.25) is 0 Å². The van der Waals surface area contributed by atoms with Crippen molar-refractivity contribution < 1.29 is 14.5 Å². The van der Waals surface area contributed by atoms with Crippen LogP contribution >= 0.6 is 0 Å². The number of aliphatic carboxylic acids is 1. The number of hydrogen-bond acceptors (Lipinski definition) is 2. The zero-order valence-corrected chi connectivity index (χ0v) is 6.46. The molecular weight excluding hydrogens is 130 g/mol. The molecule has 1 heterocycles. The largest absolute Gasteiger partial charge is 0.550 e. The lowest BCUT2D eigenvalue weighted by molar-refractivity contribution is -0.484. The maximum Gasteiger partial charge on any atom is 0.142 e. The van der Waals surface area contributed by atoms with Gasteiger partial charge in [-0.2, -0.15) is 0 Å². The van der Waals surface area contributed by atoms with Crippen LogP contribution in [-0.2, 0) is 4.79 Å². The summed E-state index contributed by atoms with van der Waals surface area (Å²) in [6.45, 7) is 2.24. The van der Waals surface area contributed by atoms with E-state index in [-0.39, 0.29) is 0 Å². The molecule has 0 aromatic heterocycles. The van der Waals surface area contributed by atoms with Crippen LogP contribution in [0.2, 0.25) is 0 Å². The summed E-state index contributed by atoms with van der Waals surface area (Å²) in [5.74, 6) is -1.08. The molecule has 10 heavy (non-hydrogen) atoms. The first-order valence-corrected chi connectivity index (χ1v) is 3.34. The minimum absolute atomic E-state index is 0.972. The lowest BCUT2D eigenvalue weighted by atomic mass is 10.4. The third kappa shape index (κ3) is 7.14. The molecule has 0 aliphatic carbocycles. The smallest absolute Gasteiger partial charge is 0.142 e. The summed E-state index contributed by atoms with van der Waals surface area (Å²) >= 11 is 0. The van der Waals surface area contributed by atoms with Crippen LogP contribution in [0.1, 0.15) is 19.8 Å². The predicted molar refractivity (Wildman–Crippen MR) is 37.0 cm³/mol. The highest BCUT2D eigenvalue weighted by Crippen LogP contribution is 1.91. The number of carbonyl (C=O) groups is 1. The van der Waals surface area contributed by atoms with Crippen LogP contribution < -0.4 is 5.11 Å². The molecule has 0 amide bonds. The van der Waals surface area contributed by atoms with E-state index in [2.05, 4.69) is 17.8 Å². The fourth-order valence-corrected chi connectivity index (χ4v) is 0.744. The monoisotopic (exact) mass is 143 g/mol. The zero-order chi connectivity index (χ0) is 7.98. The van der Waals surface area contributed by atoms with Crippen molar-refractivity contribution in [2.75, 3.05) is 13.6 Å². The van der Waals surface area contributed by atoms with Gasteiger partial charge in [0, 0.05) is 18.8 Å². The second-order valence-corrected chi connectivity index (χ2v) is 2.30. The summed E-state index contributed by atoms with van der Waals surface area (Å²) in [6, 6.07) is 0. The second kappa shape index (κ2) is 4.97. The standard InChI is InChI=1S/C5H10N.C2H4O2/c1-6-4-2-3-5-6;1-2(3)4/h4H,2-3,5H2,1H3;1H3,(H,3,4)/q+1;/p-1. The quantitative estimate of drug-likeness (QED) is 0.419. The highest BCUT2D eigenvalue weighted by molar-refractivity contribution is 5.60. The Balaban J connectivity index is 0.000000180. The average molecular weight is 143 g/mol. The van der Waals surface area contributed by atoms with Gasteiger partial charge < -0.3 is 9.90 Å².